The lowest BCUT2D eigenvalue weighted by atomic mass is 9.98. The molecule has 2 rings (SSSR count). The summed E-state index contributed by atoms with van der Waals surface area (Å²) in [6, 6.07) is -0.685. The second-order valence-corrected chi connectivity index (χ2v) is 16.3. The summed E-state index contributed by atoms with van der Waals surface area (Å²) in [5, 5.41) is 19.2. The molecule has 1 aliphatic heterocycles. The summed E-state index contributed by atoms with van der Waals surface area (Å²) < 4.78 is 0. The van der Waals surface area contributed by atoms with Gasteiger partial charge in [0.25, 0.3) is 0 Å². The number of carboxylic acids is 2. The predicted octanol–water partition coefficient (Wildman–Crippen LogP) is 6.82. The monoisotopic (exact) mass is 619 g/mol. The van der Waals surface area contributed by atoms with Gasteiger partial charge in [-0.15, -0.1) is 0 Å². The minimum absolute atomic E-state index is 0.0186. The van der Waals surface area contributed by atoms with Crippen molar-refractivity contribution in [2.75, 3.05) is 23.8 Å². The number of carbonyl (C=O) groups excluding carboxylic acids is 2. The van der Waals surface area contributed by atoms with Crippen LogP contribution < -0.4 is 0 Å². The standard InChI is InChI=1S/C28H45NO6S4/c1-18(2)9-5-6-10-21(39-38-16-20(4)26(31)29-14-8-13-24(29)28(34)35)17-37-36-15-19(3)25(30)22-11-7-12-23(22)27(32)33/h18-21,24H,5-17H2,1-4H3,(H,32,33)(H,34,35). The Bertz CT molecular complexity index is 880. The van der Waals surface area contributed by atoms with Gasteiger partial charge < -0.3 is 15.1 Å². The second kappa shape index (κ2) is 17.9. The highest BCUT2D eigenvalue weighted by Crippen LogP contribution is 2.38. The van der Waals surface area contributed by atoms with Crippen molar-refractivity contribution in [2.45, 2.75) is 96.8 Å². The van der Waals surface area contributed by atoms with Crippen molar-refractivity contribution in [1.82, 2.24) is 4.90 Å². The minimum Gasteiger partial charge on any atom is -0.480 e. The number of rotatable bonds is 19. The normalized spacial score (nSPS) is 19.9. The van der Waals surface area contributed by atoms with Crippen LogP contribution in [0.3, 0.4) is 0 Å². The Morgan fingerprint density at radius 1 is 0.846 bits per heavy atom. The molecule has 0 saturated carbocycles. The molecule has 222 valence electrons. The van der Waals surface area contributed by atoms with E-state index < -0.39 is 18.0 Å². The molecule has 0 bridgehead atoms. The lowest BCUT2D eigenvalue weighted by molar-refractivity contribution is -0.149. The average molecular weight is 620 g/mol. The summed E-state index contributed by atoms with van der Waals surface area (Å²) in [7, 11) is 6.97. The van der Waals surface area contributed by atoms with Crippen LogP contribution in [0.4, 0.5) is 0 Å². The Labute approximate surface area is 249 Å². The van der Waals surface area contributed by atoms with Gasteiger partial charge in [0.1, 0.15) is 6.04 Å². The number of allylic oxidation sites excluding steroid dienone is 1. The number of unbranched alkanes of at least 4 members (excludes halogenated alkanes) is 1. The molecule has 0 spiro atoms. The molecule has 2 N–H and O–H groups in total. The van der Waals surface area contributed by atoms with Crippen LogP contribution in [-0.4, -0.2) is 73.8 Å². The summed E-state index contributed by atoms with van der Waals surface area (Å²) in [6.07, 6.45) is 7.75. The number of amides is 1. The quantitative estimate of drug-likeness (QED) is 0.118. The number of carbonyl (C=O) groups is 4. The van der Waals surface area contributed by atoms with Crippen LogP contribution in [0.15, 0.2) is 11.1 Å². The average Bonchev–Trinajstić information content (AvgIpc) is 3.57. The lowest BCUT2D eigenvalue weighted by Crippen LogP contribution is -2.43. The van der Waals surface area contributed by atoms with E-state index in [2.05, 4.69) is 13.8 Å². The van der Waals surface area contributed by atoms with Gasteiger partial charge in [0.05, 0.1) is 0 Å². The molecule has 11 heteroatoms. The Kier molecular flexibility index (Phi) is 15.8. The number of aliphatic carboxylic acids is 2. The third-order valence-corrected chi connectivity index (χ3v) is 13.1. The van der Waals surface area contributed by atoms with E-state index in [0.29, 0.717) is 59.6 Å². The number of ketones is 1. The van der Waals surface area contributed by atoms with Gasteiger partial charge in [-0.3, -0.25) is 9.59 Å². The summed E-state index contributed by atoms with van der Waals surface area (Å²) in [6.45, 7) is 8.79. The van der Waals surface area contributed by atoms with Gasteiger partial charge in [-0.25, -0.2) is 9.59 Å². The van der Waals surface area contributed by atoms with Crippen LogP contribution in [0.2, 0.25) is 0 Å². The maximum absolute atomic E-state index is 12.9. The van der Waals surface area contributed by atoms with Gasteiger partial charge >= 0.3 is 11.9 Å². The SMILES string of the molecule is CC(C)CCCCC(CSSCC(C)C(=O)C1=C(C(=O)O)CCC1)SSCC(C)C(=O)N1CCCC1C(=O)O. The Hall–Kier alpha value is -0.780. The number of Topliss-reactive ketones (excluding diaryl/α,β-unsaturated/α-hetero) is 1. The summed E-state index contributed by atoms with van der Waals surface area (Å²) >= 11 is 0. The second-order valence-electron chi connectivity index (χ2n) is 11.1. The summed E-state index contributed by atoms with van der Waals surface area (Å²) in [5.41, 5.74) is 0.818. The van der Waals surface area contributed by atoms with Crippen molar-refractivity contribution in [3.05, 3.63) is 11.1 Å². The van der Waals surface area contributed by atoms with Crippen molar-refractivity contribution in [3.63, 3.8) is 0 Å². The molecule has 1 amide bonds. The van der Waals surface area contributed by atoms with Crippen molar-refractivity contribution < 1.29 is 29.4 Å². The van der Waals surface area contributed by atoms with E-state index in [4.69, 9.17) is 0 Å². The fourth-order valence-electron chi connectivity index (χ4n) is 4.86. The molecule has 0 radical (unpaired) electrons. The number of hydrogen-bond acceptors (Lipinski definition) is 8. The van der Waals surface area contributed by atoms with E-state index in [1.807, 2.05) is 24.6 Å². The van der Waals surface area contributed by atoms with Gasteiger partial charge in [0, 0.05) is 52.0 Å². The molecule has 0 aromatic carbocycles. The Morgan fingerprint density at radius 2 is 1.49 bits per heavy atom. The highest BCUT2D eigenvalue weighted by atomic mass is 33.1. The van der Waals surface area contributed by atoms with E-state index >= 15 is 0 Å². The summed E-state index contributed by atoms with van der Waals surface area (Å²) in [5.74, 6) is 0.554. The van der Waals surface area contributed by atoms with Crippen LogP contribution in [0.25, 0.3) is 0 Å². The molecule has 39 heavy (non-hydrogen) atoms. The zero-order chi connectivity index (χ0) is 28.9. The zero-order valence-electron chi connectivity index (χ0n) is 23.7. The molecular weight excluding hydrogens is 575 g/mol. The smallest absolute Gasteiger partial charge is 0.331 e. The van der Waals surface area contributed by atoms with Crippen molar-refractivity contribution >= 4 is 66.8 Å². The largest absolute Gasteiger partial charge is 0.480 e. The van der Waals surface area contributed by atoms with Crippen molar-refractivity contribution in [2.24, 2.45) is 17.8 Å². The van der Waals surface area contributed by atoms with Crippen LogP contribution in [-0.2, 0) is 19.2 Å². The highest BCUT2D eigenvalue weighted by molar-refractivity contribution is 8.78. The van der Waals surface area contributed by atoms with Gasteiger partial charge in [-0.05, 0) is 44.4 Å². The lowest BCUT2D eigenvalue weighted by Gasteiger charge is -2.25. The van der Waals surface area contributed by atoms with Crippen LogP contribution in [0.5, 0.6) is 0 Å². The zero-order valence-corrected chi connectivity index (χ0v) is 27.0. The van der Waals surface area contributed by atoms with E-state index in [1.165, 1.54) is 17.7 Å². The van der Waals surface area contributed by atoms with Crippen LogP contribution in [0, 0.1) is 17.8 Å². The molecule has 7 nitrogen and oxygen atoms in total. The third kappa shape index (κ3) is 11.6. The van der Waals surface area contributed by atoms with Crippen LogP contribution in [0.1, 0.15) is 85.5 Å². The number of likely N-dealkylation sites (tertiary alicyclic amines) is 1. The molecule has 0 aromatic rings. The van der Waals surface area contributed by atoms with Gasteiger partial charge in [0.2, 0.25) is 5.91 Å². The van der Waals surface area contributed by atoms with E-state index in [1.54, 1.807) is 32.4 Å². The van der Waals surface area contributed by atoms with E-state index in [-0.39, 0.29) is 23.5 Å². The first-order valence-corrected chi connectivity index (χ1v) is 18.9. The number of hydrogen-bond donors (Lipinski definition) is 2. The topological polar surface area (TPSA) is 112 Å². The maximum atomic E-state index is 12.9. The fraction of sp³-hybridized carbons (Fsp3) is 0.786. The molecule has 1 saturated heterocycles. The highest BCUT2D eigenvalue weighted by Gasteiger charge is 2.35. The fourth-order valence-corrected chi connectivity index (χ4v) is 11.2. The first kappa shape index (κ1) is 34.4. The molecular formula is C28H45NO6S4. The molecule has 4 atom stereocenters. The first-order valence-electron chi connectivity index (χ1n) is 14.1. The molecule has 1 fully saturated rings. The maximum Gasteiger partial charge on any atom is 0.331 e. The van der Waals surface area contributed by atoms with Gasteiger partial charge in [-0.2, -0.15) is 0 Å². The molecule has 1 heterocycles. The minimum atomic E-state index is -0.960. The summed E-state index contributed by atoms with van der Waals surface area (Å²) in [4.78, 5) is 50.1. The Morgan fingerprint density at radius 3 is 2.15 bits per heavy atom. The first-order chi connectivity index (χ1) is 18.5. The van der Waals surface area contributed by atoms with Gasteiger partial charge in [-0.1, -0.05) is 90.1 Å². The van der Waals surface area contributed by atoms with E-state index in [0.717, 1.165) is 31.4 Å². The third-order valence-electron chi connectivity index (χ3n) is 7.20. The van der Waals surface area contributed by atoms with Crippen molar-refractivity contribution in [1.29, 1.82) is 0 Å². The van der Waals surface area contributed by atoms with Crippen LogP contribution >= 0.6 is 43.2 Å². The Balaban J connectivity index is 1.80. The molecule has 4 unspecified atom stereocenters. The number of nitrogens with zero attached hydrogens (tertiary/aromatic N) is 1. The molecule has 1 aliphatic carbocycles. The van der Waals surface area contributed by atoms with Crippen molar-refractivity contribution in [3.8, 4) is 0 Å². The van der Waals surface area contributed by atoms with E-state index in [9.17, 15) is 29.4 Å². The molecule has 0 aromatic heterocycles. The number of carboxylic acid groups (broad SMARTS) is 2. The van der Waals surface area contributed by atoms with Gasteiger partial charge in [0.15, 0.2) is 5.78 Å². The predicted molar refractivity (Wildman–Crippen MR) is 166 cm³/mol. The molecule has 2 aliphatic rings.